The molecule has 0 radical (unpaired) electrons. The second kappa shape index (κ2) is 3.98. The first-order chi connectivity index (χ1) is 6.06. The summed E-state index contributed by atoms with van der Waals surface area (Å²) in [6.07, 6.45) is 0. The van der Waals surface area contributed by atoms with Crippen molar-refractivity contribution < 1.29 is 9.18 Å². The summed E-state index contributed by atoms with van der Waals surface area (Å²) in [5.41, 5.74) is 6.25. The highest BCUT2D eigenvalue weighted by Crippen LogP contribution is 2.21. The third-order valence-corrected chi connectivity index (χ3v) is 2.62. The van der Waals surface area contributed by atoms with E-state index in [1.165, 1.54) is 12.1 Å². The van der Waals surface area contributed by atoms with Gasteiger partial charge in [0, 0.05) is 10.0 Å². The first kappa shape index (κ1) is 10.3. The van der Waals surface area contributed by atoms with Gasteiger partial charge in [0.25, 0.3) is 0 Å². The van der Waals surface area contributed by atoms with Crippen LogP contribution in [-0.2, 0) is 0 Å². The van der Waals surface area contributed by atoms with E-state index in [0.717, 1.165) is 5.56 Å². The molecule has 4 heteroatoms. The second-order valence-corrected chi connectivity index (χ2v) is 3.54. The summed E-state index contributed by atoms with van der Waals surface area (Å²) in [7, 11) is 0. The van der Waals surface area contributed by atoms with Gasteiger partial charge in [-0.3, -0.25) is 4.79 Å². The maximum Gasteiger partial charge on any atom is 0.176 e. The van der Waals surface area contributed by atoms with E-state index in [4.69, 9.17) is 5.73 Å². The lowest BCUT2D eigenvalue weighted by atomic mass is 10.0. The van der Waals surface area contributed by atoms with Crippen LogP contribution in [0.2, 0.25) is 0 Å². The van der Waals surface area contributed by atoms with E-state index in [-0.39, 0.29) is 12.3 Å². The van der Waals surface area contributed by atoms with Gasteiger partial charge in [0.05, 0.1) is 6.54 Å². The minimum absolute atomic E-state index is 0.100. The maximum atomic E-state index is 12.9. The van der Waals surface area contributed by atoms with Crippen molar-refractivity contribution in [2.45, 2.75) is 6.92 Å². The average Bonchev–Trinajstić information content (AvgIpc) is 2.10. The lowest BCUT2D eigenvalue weighted by Gasteiger charge is -2.05. The van der Waals surface area contributed by atoms with Gasteiger partial charge in [-0.25, -0.2) is 4.39 Å². The summed E-state index contributed by atoms with van der Waals surface area (Å²) in [5.74, 6) is -0.688. The molecule has 0 aromatic heterocycles. The van der Waals surface area contributed by atoms with Crippen LogP contribution in [0, 0.1) is 12.7 Å². The van der Waals surface area contributed by atoms with Gasteiger partial charge in [-0.1, -0.05) is 15.9 Å². The highest BCUT2D eigenvalue weighted by molar-refractivity contribution is 9.10. The first-order valence-corrected chi connectivity index (χ1v) is 4.54. The third-order valence-electron chi connectivity index (χ3n) is 1.79. The molecule has 1 aromatic rings. The monoisotopic (exact) mass is 245 g/mol. The Balaban J connectivity index is 3.28. The third kappa shape index (κ3) is 2.14. The van der Waals surface area contributed by atoms with E-state index in [0.29, 0.717) is 10.0 Å². The van der Waals surface area contributed by atoms with Crippen molar-refractivity contribution in [1.82, 2.24) is 0 Å². The number of carbonyl (C=O) groups is 1. The molecule has 13 heavy (non-hydrogen) atoms. The minimum atomic E-state index is -0.436. The Morgan fingerprint density at radius 2 is 2.23 bits per heavy atom. The Hall–Kier alpha value is -0.740. The van der Waals surface area contributed by atoms with Crippen LogP contribution in [0.4, 0.5) is 4.39 Å². The molecule has 0 saturated carbocycles. The average molecular weight is 246 g/mol. The van der Waals surface area contributed by atoms with E-state index < -0.39 is 5.82 Å². The number of nitrogens with two attached hydrogens (primary N) is 1. The number of hydrogen-bond acceptors (Lipinski definition) is 2. The van der Waals surface area contributed by atoms with Gasteiger partial charge in [-0.15, -0.1) is 0 Å². The number of ketones is 1. The molecule has 1 aromatic carbocycles. The van der Waals surface area contributed by atoms with Gasteiger partial charge >= 0.3 is 0 Å². The van der Waals surface area contributed by atoms with E-state index in [1.54, 1.807) is 6.92 Å². The highest BCUT2D eigenvalue weighted by atomic mass is 79.9. The second-order valence-electron chi connectivity index (χ2n) is 2.69. The van der Waals surface area contributed by atoms with Gasteiger partial charge in [0.2, 0.25) is 0 Å². The molecule has 2 nitrogen and oxygen atoms in total. The summed E-state index contributed by atoms with van der Waals surface area (Å²) in [4.78, 5) is 11.2. The molecule has 0 aliphatic heterocycles. The zero-order chi connectivity index (χ0) is 10.0. The predicted octanol–water partition coefficient (Wildman–Crippen LogP) is 2.04. The molecule has 1 rings (SSSR count). The zero-order valence-corrected chi connectivity index (χ0v) is 8.69. The van der Waals surface area contributed by atoms with Crippen molar-refractivity contribution >= 4 is 21.7 Å². The SMILES string of the molecule is Cc1c(Br)cc(F)cc1C(=O)CN. The molecule has 0 atom stereocenters. The Morgan fingerprint density at radius 1 is 1.62 bits per heavy atom. The summed E-state index contributed by atoms with van der Waals surface area (Å²) in [6, 6.07) is 2.53. The molecular formula is C9H9BrFNO. The number of benzene rings is 1. The van der Waals surface area contributed by atoms with Gasteiger partial charge in [-0.05, 0) is 24.6 Å². The van der Waals surface area contributed by atoms with Crippen LogP contribution in [0.1, 0.15) is 15.9 Å². The van der Waals surface area contributed by atoms with Crippen LogP contribution in [0.3, 0.4) is 0 Å². The fourth-order valence-electron chi connectivity index (χ4n) is 1.05. The maximum absolute atomic E-state index is 12.9. The smallest absolute Gasteiger partial charge is 0.176 e. The molecule has 0 heterocycles. The van der Waals surface area contributed by atoms with Crippen LogP contribution in [0.15, 0.2) is 16.6 Å². The van der Waals surface area contributed by atoms with Gasteiger partial charge in [0.15, 0.2) is 5.78 Å². The van der Waals surface area contributed by atoms with Crippen molar-refractivity contribution in [3.63, 3.8) is 0 Å². The van der Waals surface area contributed by atoms with Crippen LogP contribution in [-0.4, -0.2) is 12.3 Å². The van der Waals surface area contributed by atoms with Crippen molar-refractivity contribution in [3.8, 4) is 0 Å². The molecule has 0 aliphatic rings. The van der Waals surface area contributed by atoms with E-state index in [9.17, 15) is 9.18 Å². The Kier molecular flexibility index (Phi) is 3.17. The van der Waals surface area contributed by atoms with Gasteiger partial charge < -0.3 is 5.73 Å². The van der Waals surface area contributed by atoms with Crippen molar-refractivity contribution in [2.75, 3.05) is 6.54 Å². The number of hydrogen-bond donors (Lipinski definition) is 1. The fraction of sp³-hybridized carbons (Fsp3) is 0.222. The molecule has 0 amide bonds. The molecule has 0 unspecified atom stereocenters. The number of halogens is 2. The fourth-order valence-corrected chi connectivity index (χ4v) is 1.48. The summed E-state index contributed by atoms with van der Waals surface area (Å²) < 4.78 is 13.5. The molecular weight excluding hydrogens is 237 g/mol. The van der Waals surface area contributed by atoms with Crippen LogP contribution in [0.5, 0.6) is 0 Å². The van der Waals surface area contributed by atoms with E-state index in [2.05, 4.69) is 15.9 Å². The largest absolute Gasteiger partial charge is 0.324 e. The lowest BCUT2D eigenvalue weighted by molar-refractivity contribution is 0.100. The van der Waals surface area contributed by atoms with Crippen LogP contribution in [0.25, 0.3) is 0 Å². The van der Waals surface area contributed by atoms with Gasteiger partial charge in [0.1, 0.15) is 5.82 Å². The normalized spacial score (nSPS) is 10.2. The molecule has 70 valence electrons. The molecule has 0 aliphatic carbocycles. The predicted molar refractivity (Wildman–Crippen MR) is 52.2 cm³/mol. The summed E-state index contributed by atoms with van der Waals surface area (Å²) >= 11 is 3.16. The molecule has 0 bridgehead atoms. The van der Waals surface area contributed by atoms with Crippen LogP contribution >= 0.6 is 15.9 Å². The molecule has 0 fully saturated rings. The highest BCUT2D eigenvalue weighted by Gasteiger charge is 2.11. The molecule has 2 N–H and O–H groups in total. The van der Waals surface area contributed by atoms with Crippen molar-refractivity contribution in [1.29, 1.82) is 0 Å². The zero-order valence-electron chi connectivity index (χ0n) is 7.10. The number of Topliss-reactive ketones (excluding diaryl/α,β-unsaturated/α-hetero) is 1. The number of carbonyl (C=O) groups excluding carboxylic acids is 1. The molecule has 0 spiro atoms. The quantitative estimate of drug-likeness (QED) is 0.811. The lowest BCUT2D eigenvalue weighted by Crippen LogP contribution is -2.15. The Morgan fingerprint density at radius 3 is 2.77 bits per heavy atom. The Labute approximate surface area is 84.1 Å². The van der Waals surface area contributed by atoms with Gasteiger partial charge in [-0.2, -0.15) is 0 Å². The summed E-state index contributed by atoms with van der Waals surface area (Å²) in [6.45, 7) is 1.64. The molecule has 0 saturated heterocycles. The topological polar surface area (TPSA) is 43.1 Å². The van der Waals surface area contributed by atoms with E-state index in [1.807, 2.05) is 0 Å². The summed E-state index contributed by atoms with van der Waals surface area (Å²) in [5, 5.41) is 0. The first-order valence-electron chi connectivity index (χ1n) is 3.75. The van der Waals surface area contributed by atoms with Crippen LogP contribution < -0.4 is 5.73 Å². The standard InChI is InChI=1S/C9H9BrFNO/c1-5-7(9(13)4-12)2-6(11)3-8(5)10/h2-3H,4,12H2,1H3. The number of rotatable bonds is 2. The van der Waals surface area contributed by atoms with Crippen molar-refractivity contribution in [2.24, 2.45) is 5.73 Å². The Bertz CT molecular complexity index is 352. The van der Waals surface area contributed by atoms with Crippen molar-refractivity contribution in [3.05, 3.63) is 33.5 Å². The minimum Gasteiger partial charge on any atom is -0.324 e. The van der Waals surface area contributed by atoms with E-state index >= 15 is 0 Å².